The van der Waals surface area contributed by atoms with Gasteiger partial charge in [0.05, 0.1) is 6.33 Å². The van der Waals surface area contributed by atoms with Crippen molar-refractivity contribution in [1.82, 2.24) is 9.55 Å². The average Bonchev–Trinajstić information content (AvgIpc) is 3.09. The highest BCUT2D eigenvalue weighted by molar-refractivity contribution is 5.66. The van der Waals surface area contributed by atoms with E-state index < -0.39 is 5.97 Å². The Kier molecular flexibility index (Phi) is 18.5. The van der Waals surface area contributed by atoms with Crippen LogP contribution in [0.25, 0.3) is 0 Å². The summed E-state index contributed by atoms with van der Waals surface area (Å²) in [4.78, 5) is 14.1. The van der Waals surface area contributed by atoms with Crippen molar-refractivity contribution >= 4 is 5.97 Å². The van der Waals surface area contributed by atoms with Crippen molar-refractivity contribution in [3.63, 3.8) is 0 Å². The molecule has 0 unspecified atom stereocenters. The molecule has 0 fully saturated rings. The molecular weight excluding hydrogens is 324 g/mol. The van der Waals surface area contributed by atoms with Gasteiger partial charge in [-0.25, -0.2) is 4.98 Å². The van der Waals surface area contributed by atoms with Crippen molar-refractivity contribution in [2.75, 3.05) is 0 Å². The molecular formula is C22H40N2O2. The molecule has 0 saturated heterocycles. The molecule has 1 aromatic heterocycles. The van der Waals surface area contributed by atoms with Crippen molar-refractivity contribution in [3.05, 3.63) is 30.9 Å². The van der Waals surface area contributed by atoms with Crippen LogP contribution >= 0.6 is 0 Å². The molecule has 0 bridgehead atoms. The largest absolute Gasteiger partial charge is 0.481 e. The van der Waals surface area contributed by atoms with E-state index >= 15 is 0 Å². The highest BCUT2D eigenvalue weighted by Gasteiger charge is 1.95. The van der Waals surface area contributed by atoms with Crippen LogP contribution < -0.4 is 0 Å². The number of unbranched alkanes of at least 4 members (excludes halogenated alkanes) is 11. The summed E-state index contributed by atoms with van der Waals surface area (Å²) in [5, 5.41) is 8.51. The summed E-state index contributed by atoms with van der Waals surface area (Å²) in [6.07, 6.45) is 26.6. The minimum Gasteiger partial charge on any atom is -0.481 e. The van der Waals surface area contributed by atoms with E-state index in [1.54, 1.807) is 12.5 Å². The summed E-state index contributed by atoms with van der Waals surface area (Å²) in [5.41, 5.74) is 0. The van der Waals surface area contributed by atoms with Gasteiger partial charge in [0.1, 0.15) is 0 Å². The number of hydrogen-bond acceptors (Lipinski definition) is 2. The van der Waals surface area contributed by atoms with Gasteiger partial charge in [0.25, 0.3) is 0 Å². The number of nitrogens with zero attached hydrogens (tertiary/aromatic N) is 2. The molecule has 0 radical (unpaired) electrons. The topological polar surface area (TPSA) is 55.1 Å². The van der Waals surface area contributed by atoms with Gasteiger partial charge in [-0.2, -0.15) is 0 Å². The number of carboxylic acids is 1. The Balaban J connectivity index is 0.000000867. The first-order valence-electron chi connectivity index (χ1n) is 10.5. The van der Waals surface area contributed by atoms with Gasteiger partial charge in [-0.15, -0.1) is 0 Å². The van der Waals surface area contributed by atoms with Gasteiger partial charge in [-0.3, -0.25) is 4.79 Å². The molecule has 1 rings (SSSR count). The Morgan fingerprint density at radius 3 is 1.88 bits per heavy atom. The summed E-state index contributed by atoms with van der Waals surface area (Å²) < 4.78 is 1.89. The van der Waals surface area contributed by atoms with Crippen LogP contribution in [0, 0.1) is 0 Å². The lowest BCUT2D eigenvalue weighted by Gasteiger charge is -1.99. The molecule has 0 aromatic carbocycles. The predicted molar refractivity (Wildman–Crippen MR) is 110 cm³/mol. The number of aryl methyl sites for hydroxylation is 1. The second-order valence-electron chi connectivity index (χ2n) is 6.96. The molecule has 4 heteroatoms. The van der Waals surface area contributed by atoms with E-state index in [4.69, 9.17) is 5.11 Å². The van der Waals surface area contributed by atoms with E-state index in [1.165, 1.54) is 70.6 Å². The first-order chi connectivity index (χ1) is 12.7. The van der Waals surface area contributed by atoms with Gasteiger partial charge in [0, 0.05) is 25.9 Å². The molecule has 0 aliphatic rings. The monoisotopic (exact) mass is 364 g/mol. The van der Waals surface area contributed by atoms with E-state index in [2.05, 4.69) is 24.1 Å². The van der Waals surface area contributed by atoms with Crippen LogP contribution in [0.5, 0.6) is 0 Å². The maximum atomic E-state index is 10.3. The van der Waals surface area contributed by atoms with E-state index in [0.29, 0.717) is 6.42 Å². The van der Waals surface area contributed by atoms with Gasteiger partial charge in [0.2, 0.25) is 0 Å². The summed E-state index contributed by atoms with van der Waals surface area (Å²) in [7, 11) is 1.94. The summed E-state index contributed by atoms with van der Waals surface area (Å²) in [6, 6.07) is 0. The minimum absolute atomic E-state index is 0.332. The molecule has 0 atom stereocenters. The lowest BCUT2D eigenvalue weighted by molar-refractivity contribution is -0.137. The Hall–Kier alpha value is -1.58. The van der Waals surface area contributed by atoms with Crippen molar-refractivity contribution in [2.24, 2.45) is 7.05 Å². The first-order valence-corrected chi connectivity index (χ1v) is 10.5. The van der Waals surface area contributed by atoms with Crippen LogP contribution in [0.3, 0.4) is 0 Å². The number of hydrogen-bond donors (Lipinski definition) is 1. The van der Waals surface area contributed by atoms with Crippen LogP contribution in [-0.2, 0) is 11.8 Å². The molecule has 1 heterocycles. The van der Waals surface area contributed by atoms with Gasteiger partial charge in [-0.05, 0) is 32.1 Å². The second kappa shape index (κ2) is 19.7. The van der Waals surface area contributed by atoms with Crippen molar-refractivity contribution in [1.29, 1.82) is 0 Å². The zero-order chi connectivity index (χ0) is 19.3. The molecule has 0 amide bonds. The highest BCUT2D eigenvalue weighted by Crippen LogP contribution is 2.09. The number of rotatable bonds is 15. The van der Waals surface area contributed by atoms with Crippen LogP contribution in [0.1, 0.15) is 96.8 Å². The maximum Gasteiger partial charge on any atom is 0.303 e. The molecule has 1 aromatic rings. The summed E-state index contributed by atoms with van der Waals surface area (Å²) in [5.74, 6) is -0.664. The Morgan fingerprint density at radius 1 is 0.923 bits per heavy atom. The minimum atomic E-state index is -0.664. The lowest BCUT2D eigenvalue weighted by Crippen LogP contribution is -1.93. The fourth-order valence-corrected chi connectivity index (χ4v) is 2.67. The molecule has 0 aliphatic carbocycles. The fourth-order valence-electron chi connectivity index (χ4n) is 2.67. The third-order valence-electron chi connectivity index (χ3n) is 4.29. The third kappa shape index (κ3) is 20.5. The zero-order valence-corrected chi connectivity index (χ0v) is 17.0. The summed E-state index contributed by atoms with van der Waals surface area (Å²) in [6.45, 7) is 2.26. The maximum absolute atomic E-state index is 10.3. The average molecular weight is 365 g/mol. The Bertz CT molecular complexity index is 427. The fraction of sp³-hybridized carbons (Fsp3) is 0.727. The van der Waals surface area contributed by atoms with Gasteiger partial charge in [-0.1, -0.05) is 70.4 Å². The van der Waals surface area contributed by atoms with Gasteiger partial charge >= 0.3 is 5.97 Å². The second-order valence-corrected chi connectivity index (χ2v) is 6.96. The smallest absolute Gasteiger partial charge is 0.303 e. The van der Waals surface area contributed by atoms with E-state index in [-0.39, 0.29) is 0 Å². The van der Waals surface area contributed by atoms with Crippen LogP contribution in [0.2, 0.25) is 0 Å². The number of carboxylic acid groups (broad SMARTS) is 1. The number of aromatic nitrogens is 2. The molecule has 26 heavy (non-hydrogen) atoms. The predicted octanol–water partition coefficient (Wildman–Crippen LogP) is 6.53. The van der Waals surface area contributed by atoms with E-state index in [9.17, 15) is 4.79 Å². The number of aliphatic carboxylic acids is 1. The van der Waals surface area contributed by atoms with Crippen molar-refractivity contribution in [3.8, 4) is 0 Å². The lowest BCUT2D eigenvalue weighted by atomic mass is 10.1. The third-order valence-corrected chi connectivity index (χ3v) is 4.29. The zero-order valence-electron chi connectivity index (χ0n) is 17.0. The van der Waals surface area contributed by atoms with E-state index in [0.717, 1.165) is 12.8 Å². The van der Waals surface area contributed by atoms with E-state index in [1.807, 2.05) is 17.8 Å². The molecule has 150 valence electrons. The van der Waals surface area contributed by atoms with Crippen molar-refractivity contribution in [2.45, 2.75) is 96.8 Å². The normalized spacial score (nSPS) is 10.7. The van der Waals surface area contributed by atoms with Crippen LogP contribution in [0.15, 0.2) is 30.9 Å². The van der Waals surface area contributed by atoms with Crippen LogP contribution in [0.4, 0.5) is 0 Å². The number of imidazole rings is 1. The summed E-state index contributed by atoms with van der Waals surface area (Å²) >= 11 is 0. The highest BCUT2D eigenvalue weighted by atomic mass is 16.4. The van der Waals surface area contributed by atoms with Gasteiger partial charge < -0.3 is 9.67 Å². The number of carbonyl (C=O) groups is 1. The Labute approximate surface area is 160 Å². The Morgan fingerprint density at radius 2 is 1.46 bits per heavy atom. The quantitative estimate of drug-likeness (QED) is 0.284. The molecule has 0 aliphatic heterocycles. The van der Waals surface area contributed by atoms with Crippen molar-refractivity contribution < 1.29 is 9.90 Å². The standard InChI is InChI=1S/C18H34O2.C4H6N2/c1-2-3-4-5-6-7-8-9-10-11-12-13-14-15-16-17-18(19)20;1-6-3-2-5-4-6/h9-10H,2-8,11-17H2,1H3,(H,19,20);2-4H,1H3. The van der Waals surface area contributed by atoms with Gasteiger partial charge in [0.15, 0.2) is 0 Å². The molecule has 1 N–H and O–H groups in total. The SMILES string of the molecule is CCCCCCCCC=CCCCCCCCC(=O)O.Cn1ccnc1. The molecule has 0 saturated carbocycles. The molecule has 0 spiro atoms. The first kappa shape index (κ1) is 24.4. The molecule has 4 nitrogen and oxygen atoms in total. The number of allylic oxidation sites excluding steroid dienone is 2. The van der Waals surface area contributed by atoms with Crippen LogP contribution in [-0.4, -0.2) is 20.6 Å².